The van der Waals surface area contributed by atoms with E-state index < -0.39 is 0 Å². The van der Waals surface area contributed by atoms with Gasteiger partial charge in [0.15, 0.2) is 0 Å². The highest BCUT2D eigenvalue weighted by Gasteiger charge is 2.20. The second kappa shape index (κ2) is 17.8. The second-order valence-electron chi connectivity index (χ2n) is 13.9. The first-order chi connectivity index (χ1) is 26.8. The van der Waals surface area contributed by atoms with Crippen molar-refractivity contribution in [2.24, 2.45) is 0 Å². The maximum atomic E-state index is 9.81. The summed E-state index contributed by atoms with van der Waals surface area (Å²) < 4.78 is 20.9. The molecular weight excluding hydrogens is 712 g/mol. The maximum Gasteiger partial charge on any atom is 0.142 e. The number of aromatic nitrogens is 3. The summed E-state index contributed by atoms with van der Waals surface area (Å²) in [6, 6.07) is 28.1. The zero-order valence-electron chi connectivity index (χ0n) is 31.2. The Morgan fingerprint density at radius 3 is 2.53 bits per heavy atom. The number of fused-ring (bicyclic) bond motifs is 1. The number of nitrogens with zero attached hydrogens (tertiary/aromatic N) is 5. The molecule has 1 unspecified atom stereocenters. The molecule has 4 heterocycles. The van der Waals surface area contributed by atoms with Crippen molar-refractivity contribution in [2.45, 2.75) is 59.1 Å². The van der Waals surface area contributed by atoms with Crippen LogP contribution in [0.15, 0.2) is 97.5 Å². The van der Waals surface area contributed by atoms with Gasteiger partial charge in [0.05, 0.1) is 34.5 Å². The quantitative estimate of drug-likeness (QED) is 0.0954. The molecule has 3 aromatic heterocycles. The van der Waals surface area contributed by atoms with Crippen molar-refractivity contribution in [3.63, 3.8) is 0 Å². The number of aliphatic hydroxyl groups excluding tert-OH is 1. The molecular formula is C44H45ClN6O4. The van der Waals surface area contributed by atoms with Crippen LogP contribution in [-0.2, 0) is 26.3 Å². The molecule has 1 atom stereocenters. The number of nitriles is 1. The van der Waals surface area contributed by atoms with Gasteiger partial charge in [0.1, 0.15) is 36.5 Å². The minimum atomic E-state index is -0.204. The van der Waals surface area contributed by atoms with E-state index >= 15 is 0 Å². The molecule has 55 heavy (non-hydrogen) atoms. The first-order valence-corrected chi connectivity index (χ1v) is 19.0. The monoisotopic (exact) mass is 756 g/mol. The van der Waals surface area contributed by atoms with Gasteiger partial charge in [0, 0.05) is 68.5 Å². The molecule has 11 heteroatoms. The normalized spacial score (nSPS) is 14.3. The topological polar surface area (TPSA) is 117 Å². The van der Waals surface area contributed by atoms with Crippen molar-refractivity contribution in [1.29, 1.82) is 5.26 Å². The third-order valence-electron chi connectivity index (χ3n) is 10.0. The number of benzene rings is 3. The summed E-state index contributed by atoms with van der Waals surface area (Å²) in [4.78, 5) is 6.47. The van der Waals surface area contributed by atoms with Crippen LogP contribution in [0, 0.1) is 25.2 Å². The fourth-order valence-corrected chi connectivity index (χ4v) is 7.23. The summed E-state index contributed by atoms with van der Waals surface area (Å²) in [5.74, 6) is 1.99. The van der Waals surface area contributed by atoms with Gasteiger partial charge in [0.2, 0.25) is 0 Å². The second-order valence-corrected chi connectivity index (χ2v) is 14.3. The van der Waals surface area contributed by atoms with Gasteiger partial charge in [-0.05, 0) is 90.9 Å². The number of hydrogen-bond acceptors (Lipinski definition) is 9. The molecule has 0 amide bonds. The van der Waals surface area contributed by atoms with Crippen LogP contribution >= 0.6 is 11.6 Å². The lowest BCUT2D eigenvalue weighted by Gasteiger charge is -2.19. The molecule has 2 N–H and O–H groups in total. The van der Waals surface area contributed by atoms with Crippen LogP contribution < -0.4 is 19.5 Å². The first kappa shape index (κ1) is 37.9. The molecule has 3 aromatic carbocycles. The van der Waals surface area contributed by atoms with Crippen molar-refractivity contribution in [1.82, 2.24) is 24.8 Å². The molecule has 1 fully saturated rings. The molecule has 1 aliphatic heterocycles. The lowest BCUT2D eigenvalue weighted by Crippen LogP contribution is -2.24. The number of ether oxygens (including phenoxy) is 3. The molecule has 282 valence electrons. The highest BCUT2D eigenvalue weighted by molar-refractivity contribution is 6.32. The molecule has 1 aliphatic rings. The van der Waals surface area contributed by atoms with Crippen LogP contribution in [0.25, 0.3) is 16.6 Å². The van der Waals surface area contributed by atoms with Crippen LogP contribution in [0.4, 0.5) is 0 Å². The lowest BCUT2D eigenvalue weighted by molar-refractivity contribution is 0.173. The molecule has 0 spiro atoms. The third-order valence-corrected chi connectivity index (χ3v) is 10.3. The minimum Gasteiger partial charge on any atom is -0.493 e. The largest absolute Gasteiger partial charge is 0.493 e. The molecule has 0 bridgehead atoms. The Kier molecular flexibility index (Phi) is 12.3. The highest BCUT2D eigenvalue weighted by Crippen LogP contribution is 2.36. The predicted octanol–water partition coefficient (Wildman–Crippen LogP) is 7.82. The smallest absolute Gasteiger partial charge is 0.142 e. The van der Waals surface area contributed by atoms with Crippen LogP contribution in [0.2, 0.25) is 5.02 Å². The number of nitrogens with one attached hydrogen (secondary N) is 1. The summed E-state index contributed by atoms with van der Waals surface area (Å²) in [6.07, 6.45) is 6.70. The Hall–Kier alpha value is -5.44. The van der Waals surface area contributed by atoms with E-state index in [9.17, 15) is 10.4 Å². The first-order valence-electron chi connectivity index (χ1n) is 18.6. The number of likely N-dealkylation sites (tertiary alicyclic amines) is 1. The van der Waals surface area contributed by atoms with Crippen molar-refractivity contribution >= 4 is 17.1 Å². The van der Waals surface area contributed by atoms with Crippen LogP contribution in [0.1, 0.15) is 51.9 Å². The average molecular weight is 757 g/mol. The number of aliphatic hydroxyl groups is 1. The van der Waals surface area contributed by atoms with E-state index in [1.54, 1.807) is 12.3 Å². The van der Waals surface area contributed by atoms with Crippen molar-refractivity contribution in [3.8, 4) is 34.4 Å². The number of β-amino-alcohol motifs (C(OH)–C–C–N with tert-alkyl or cyclic N) is 1. The molecule has 1 saturated heterocycles. The van der Waals surface area contributed by atoms with Crippen molar-refractivity contribution in [2.75, 3.05) is 26.2 Å². The molecule has 7 rings (SSSR count). The van der Waals surface area contributed by atoms with Gasteiger partial charge in [-0.15, -0.1) is 0 Å². The van der Waals surface area contributed by atoms with E-state index in [0.29, 0.717) is 48.4 Å². The van der Waals surface area contributed by atoms with Crippen molar-refractivity contribution in [3.05, 3.63) is 142 Å². The predicted molar refractivity (Wildman–Crippen MR) is 213 cm³/mol. The Balaban J connectivity index is 1.05. The number of hydrogen-bond donors (Lipinski definition) is 2. The summed E-state index contributed by atoms with van der Waals surface area (Å²) in [5, 5.41) is 27.8. The number of halogens is 1. The Bertz CT molecular complexity index is 2270. The van der Waals surface area contributed by atoms with Gasteiger partial charge in [0.25, 0.3) is 0 Å². The zero-order chi connectivity index (χ0) is 38.1. The summed E-state index contributed by atoms with van der Waals surface area (Å²) in [7, 11) is 0. The van der Waals surface area contributed by atoms with E-state index in [1.165, 1.54) is 6.20 Å². The fraction of sp³-hybridized carbons (Fsp3) is 0.295. The Morgan fingerprint density at radius 2 is 1.71 bits per heavy atom. The Labute approximate surface area is 326 Å². The average Bonchev–Trinajstić information content (AvgIpc) is 3.82. The SMILES string of the molecule is Cc1c(COc2cc(OCc3cncc(C#N)c3)c(CNCc3cc4ccccn4n3)cc2Cl)cccc1-c1cccc(OCCCN2CCC(O)C2)c1C. The van der Waals surface area contributed by atoms with Gasteiger partial charge in [-0.2, -0.15) is 10.4 Å². The van der Waals surface area contributed by atoms with Crippen LogP contribution in [0.5, 0.6) is 17.2 Å². The van der Waals surface area contributed by atoms with E-state index in [4.69, 9.17) is 25.8 Å². The summed E-state index contributed by atoms with van der Waals surface area (Å²) >= 11 is 6.88. The summed E-state index contributed by atoms with van der Waals surface area (Å²) in [5.41, 5.74) is 9.52. The molecule has 0 saturated carbocycles. The van der Waals surface area contributed by atoms with Gasteiger partial charge in [-0.3, -0.25) is 4.98 Å². The molecule has 0 aliphatic carbocycles. The number of rotatable bonds is 16. The van der Waals surface area contributed by atoms with Crippen LogP contribution in [0.3, 0.4) is 0 Å². The fourth-order valence-electron chi connectivity index (χ4n) is 6.99. The number of pyridine rings is 2. The van der Waals surface area contributed by atoms with Gasteiger partial charge < -0.3 is 29.5 Å². The van der Waals surface area contributed by atoms with E-state index in [1.807, 2.05) is 53.2 Å². The molecule has 6 aromatic rings. The minimum absolute atomic E-state index is 0.204. The highest BCUT2D eigenvalue weighted by atomic mass is 35.5. The zero-order valence-corrected chi connectivity index (χ0v) is 31.9. The Morgan fingerprint density at radius 1 is 0.873 bits per heavy atom. The summed E-state index contributed by atoms with van der Waals surface area (Å²) in [6.45, 7) is 9.01. The van der Waals surface area contributed by atoms with E-state index in [0.717, 1.165) is 88.4 Å². The van der Waals surface area contributed by atoms with Gasteiger partial charge >= 0.3 is 0 Å². The van der Waals surface area contributed by atoms with E-state index in [-0.39, 0.29) is 12.7 Å². The van der Waals surface area contributed by atoms with Crippen LogP contribution in [-0.4, -0.2) is 56.9 Å². The molecule has 0 radical (unpaired) electrons. The van der Waals surface area contributed by atoms with Gasteiger partial charge in [-0.1, -0.05) is 48.0 Å². The van der Waals surface area contributed by atoms with Crippen molar-refractivity contribution < 1.29 is 19.3 Å². The standard InChI is InChI=1S/C44H45ClN6O4/c1-30-34(8-5-10-39(30)40-11-6-12-42(31(40)2)53-17-7-14-50-16-13-38(52)27-50)29-55-44-21-43(54-28-33-18-32(22-46)23-47-24-33)35(19-41(44)45)25-48-26-36-20-37-9-3-4-15-51(37)49-36/h3-6,8-12,15,18-21,23-24,38,48,52H,7,13-14,16-17,25-29H2,1-2H3. The third kappa shape index (κ3) is 9.45. The van der Waals surface area contributed by atoms with E-state index in [2.05, 4.69) is 70.5 Å². The maximum absolute atomic E-state index is 9.81. The molecule has 10 nitrogen and oxygen atoms in total. The van der Waals surface area contributed by atoms with Gasteiger partial charge in [-0.25, -0.2) is 4.52 Å². The lowest BCUT2D eigenvalue weighted by atomic mass is 9.93.